The quantitative estimate of drug-likeness (QED) is 0.603. The molecule has 0 amide bonds. The van der Waals surface area contributed by atoms with E-state index in [9.17, 15) is 4.39 Å². The highest BCUT2D eigenvalue weighted by Gasteiger charge is 2.01. The fourth-order valence-corrected chi connectivity index (χ4v) is 1.25. The monoisotopic (exact) mass is 248 g/mol. The summed E-state index contributed by atoms with van der Waals surface area (Å²) in [6.07, 6.45) is 0. The van der Waals surface area contributed by atoms with Crippen molar-refractivity contribution in [3.05, 3.63) is 28.5 Å². The first-order valence-electron chi connectivity index (χ1n) is 3.89. The van der Waals surface area contributed by atoms with Crippen LogP contribution in [-0.2, 0) is 4.74 Å². The number of rotatable bonds is 4. The van der Waals surface area contributed by atoms with Crippen LogP contribution in [0.1, 0.15) is 6.92 Å². The summed E-state index contributed by atoms with van der Waals surface area (Å²) in [7, 11) is 0. The van der Waals surface area contributed by atoms with Crippen LogP contribution in [0.5, 0.6) is 5.75 Å². The summed E-state index contributed by atoms with van der Waals surface area (Å²) >= 11 is 3.18. The van der Waals surface area contributed by atoms with E-state index in [0.29, 0.717) is 16.8 Å². The molecule has 1 aromatic rings. The maximum atomic E-state index is 12.6. The van der Waals surface area contributed by atoms with Gasteiger partial charge in [-0.3, -0.25) is 0 Å². The van der Waals surface area contributed by atoms with Crippen molar-refractivity contribution in [3.8, 4) is 5.75 Å². The third-order valence-corrected chi connectivity index (χ3v) is 2.02. The SMILES string of the molecule is CCOCOc1ccc(F)cc1Br. The van der Waals surface area contributed by atoms with Gasteiger partial charge in [0, 0.05) is 6.61 Å². The molecule has 0 aromatic heterocycles. The number of benzene rings is 1. The third-order valence-electron chi connectivity index (χ3n) is 1.40. The zero-order chi connectivity index (χ0) is 9.68. The average Bonchev–Trinajstić information content (AvgIpc) is 2.09. The molecule has 1 aromatic carbocycles. The molecule has 0 spiro atoms. The van der Waals surface area contributed by atoms with Crippen LogP contribution in [0.4, 0.5) is 4.39 Å². The van der Waals surface area contributed by atoms with Crippen LogP contribution in [-0.4, -0.2) is 13.4 Å². The smallest absolute Gasteiger partial charge is 0.189 e. The predicted octanol–water partition coefficient (Wildman–Crippen LogP) is 2.96. The fourth-order valence-electron chi connectivity index (χ4n) is 0.781. The molecule has 0 saturated carbocycles. The lowest BCUT2D eigenvalue weighted by molar-refractivity contribution is 0.0219. The highest BCUT2D eigenvalue weighted by atomic mass is 79.9. The summed E-state index contributed by atoms with van der Waals surface area (Å²) in [4.78, 5) is 0. The van der Waals surface area contributed by atoms with Gasteiger partial charge in [0.15, 0.2) is 6.79 Å². The molecule has 13 heavy (non-hydrogen) atoms. The summed E-state index contributed by atoms with van der Waals surface area (Å²) in [6.45, 7) is 2.66. The summed E-state index contributed by atoms with van der Waals surface area (Å²) in [5.74, 6) is 0.283. The Morgan fingerprint density at radius 1 is 1.46 bits per heavy atom. The zero-order valence-electron chi connectivity index (χ0n) is 7.22. The lowest BCUT2D eigenvalue weighted by atomic mass is 10.3. The Balaban J connectivity index is 2.56. The minimum absolute atomic E-state index is 0.181. The van der Waals surface area contributed by atoms with Gasteiger partial charge in [0.2, 0.25) is 0 Å². The van der Waals surface area contributed by atoms with Crippen molar-refractivity contribution in [3.63, 3.8) is 0 Å². The van der Waals surface area contributed by atoms with Gasteiger partial charge in [-0.05, 0) is 41.1 Å². The van der Waals surface area contributed by atoms with E-state index < -0.39 is 0 Å². The van der Waals surface area contributed by atoms with Gasteiger partial charge in [0.05, 0.1) is 4.47 Å². The maximum Gasteiger partial charge on any atom is 0.189 e. The first kappa shape index (κ1) is 10.5. The van der Waals surface area contributed by atoms with E-state index in [2.05, 4.69) is 15.9 Å². The van der Waals surface area contributed by atoms with Gasteiger partial charge >= 0.3 is 0 Å². The molecule has 0 atom stereocenters. The average molecular weight is 249 g/mol. The Morgan fingerprint density at radius 3 is 2.85 bits per heavy atom. The van der Waals surface area contributed by atoms with Crippen LogP contribution >= 0.6 is 15.9 Å². The molecular weight excluding hydrogens is 239 g/mol. The maximum absolute atomic E-state index is 12.6. The predicted molar refractivity (Wildman–Crippen MR) is 51.2 cm³/mol. The number of halogens is 2. The lowest BCUT2D eigenvalue weighted by Crippen LogP contribution is -2.02. The molecule has 2 nitrogen and oxygen atoms in total. The molecule has 72 valence electrons. The Morgan fingerprint density at radius 2 is 2.23 bits per heavy atom. The second-order valence-electron chi connectivity index (χ2n) is 2.33. The third kappa shape index (κ3) is 3.32. The molecule has 0 saturated heterocycles. The van der Waals surface area contributed by atoms with Gasteiger partial charge < -0.3 is 9.47 Å². The Bertz CT molecular complexity index is 278. The number of ether oxygens (including phenoxy) is 2. The van der Waals surface area contributed by atoms with Crippen molar-refractivity contribution in [2.24, 2.45) is 0 Å². The van der Waals surface area contributed by atoms with Gasteiger partial charge in [0.1, 0.15) is 11.6 Å². The lowest BCUT2D eigenvalue weighted by Gasteiger charge is -2.07. The fraction of sp³-hybridized carbons (Fsp3) is 0.333. The summed E-state index contributed by atoms with van der Waals surface area (Å²) in [5.41, 5.74) is 0. The molecule has 0 unspecified atom stereocenters. The van der Waals surface area contributed by atoms with Gasteiger partial charge in [-0.1, -0.05) is 0 Å². The molecule has 0 bridgehead atoms. The van der Waals surface area contributed by atoms with E-state index in [1.807, 2.05) is 6.92 Å². The van der Waals surface area contributed by atoms with Crippen molar-refractivity contribution in [1.29, 1.82) is 0 Å². The number of hydrogen-bond donors (Lipinski definition) is 0. The second-order valence-corrected chi connectivity index (χ2v) is 3.18. The highest BCUT2D eigenvalue weighted by molar-refractivity contribution is 9.10. The topological polar surface area (TPSA) is 18.5 Å². The van der Waals surface area contributed by atoms with E-state index in [1.54, 1.807) is 6.07 Å². The Kier molecular flexibility index (Phi) is 4.18. The van der Waals surface area contributed by atoms with E-state index in [-0.39, 0.29) is 12.6 Å². The van der Waals surface area contributed by atoms with Crippen LogP contribution < -0.4 is 4.74 Å². The van der Waals surface area contributed by atoms with E-state index in [4.69, 9.17) is 9.47 Å². The first-order chi connectivity index (χ1) is 6.24. The standard InChI is InChI=1S/C9H10BrFO2/c1-2-12-6-13-9-4-3-7(11)5-8(9)10/h3-5H,2,6H2,1H3. The van der Waals surface area contributed by atoms with Gasteiger partial charge in [-0.15, -0.1) is 0 Å². The molecule has 0 radical (unpaired) electrons. The van der Waals surface area contributed by atoms with E-state index in [1.165, 1.54) is 12.1 Å². The minimum atomic E-state index is -0.296. The highest BCUT2D eigenvalue weighted by Crippen LogP contribution is 2.25. The van der Waals surface area contributed by atoms with Crippen molar-refractivity contribution >= 4 is 15.9 Å². The molecule has 0 aliphatic carbocycles. The molecule has 0 N–H and O–H groups in total. The van der Waals surface area contributed by atoms with Gasteiger partial charge in [-0.2, -0.15) is 0 Å². The Hall–Kier alpha value is -0.610. The first-order valence-corrected chi connectivity index (χ1v) is 4.69. The second kappa shape index (κ2) is 5.19. The zero-order valence-corrected chi connectivity index (χ0v) is 8.80. The van der Waals surface area contributed by atoms with Crippen molar-refractivity contribution in [2.75, 3.05) is 13.4 Å². The van der Waals surface area contributed by atoms with E-state index in [0.717, 1.165) is 0 Å². The van der Waals surface area contributed by atoms with Crippen LogP contribution in [0.3, 0.4) is 0 Å². The van der Waals surface area contributed by atoms with Gasteiger partial charge in [0.25, 0.3) is 0 Å². The molecule has 0 fully saturated rings. The molecule has 4 heteroatoms. The summed E-state index contributed by atoms with van der Waals surface area (Å²) < 4.78 is 23.4. The molecule has 1 rings (SSSR count). The van der Waals surface area contributed by atoms with Crippen LogP contribution in [0.2, 0.25) is 0 Å². The number of hydrogen-bond acceptors (Lipinski definition) is 2. The summed E-state index contributed by atoms with van der Waals surface area (Å²) in [5, 5.41) is 0. The van der Waals surface area contributed by atoms with Crippen molar-refractivity contribution in [2.45, 2.75) is 6.92 Å². The van der Waals surface area contributed by atoms with Crippen LogP contribution in [0, 0.1) is 5.82 Å². The molecule has 0 heterocycles. The van der Waals surface area contributed by atoms with Crippen molar-refractivity contribution in [1.82, 2.24) is 0 Å². The normalized spacial score (nSPS) is 10.1. The molecular formula is C9H10BrFO2. The Labute approximate surface area is 84.8 Å². The minimum Gasteiger partial charge on any atom is -0.466 e. The molecule has 0 aliphatic heterocycles. The van der Waals surface area contributed by atoms with Crippen LogP contribution in [0.25, 0.3) is 0 Å². The van der Waals surface area contributed by atoms with E-state index >= 15 is 0 Å². The van der Waals surface area contributed by atoms with Crippen molar-refractivity contribution < 1.29 is 13.9 Å². The molecule has 0 aliphatic rings. The summed E-state index contributed by atoms with van der Waals surface area (Å²) in [6, 6.07) is 4.24. The van der Waals surface area contributed by atoms with Crippen LogP contribution in [0.15, 0.2) is 22.7 Å². The van der Waals surface area contributed by atoms with Gasteiger partial charge in [-0.25, -0.2) is 4.39 Å². The largest absolute Gasteiger partial charge is 0.466 e.